The van der Waals surface area contributed by atoms with Gasteiger partial charge >= 0.3 is 0 Å². The highest BCUT2D eigenvalue weighted by Crippen LogP contribution is 2.47. The van der Waals surface area contributed by atoms with Crippen LogP contribution in [0, 0.1) is 11.8 Å². The summed E-state index contributed by atoms with van der Waals surface area (Å²) in [6, 6.07) is 0. The van der Waals surface area contributed by atoms with E-state index < -0.39 is 0 Å². The van der Waals surface area contributed by atoms with Gasteiger partial charge in [0.05, 0.1) is 0 Å². The van der Waals surface area contributed by atoms with Gasteiger partial charge in [-0.2, -0.15) is 0 Å². The van der Waals surface area contributed by atoms with Gasteiger partial charge in [0.1, 0.15) is 5.02 Å². The van der Waals surface area contributed by atoms with Crippen molar-refractivity contribution in [2.24, 2.45) is 11.8 Å². The fourth-order valence-corrected chi connectivity index (χ4v) is 3.89. The number of nitrogen functional groups attached to an aromatic ring is 1. The van der Waals surface area contributed by atoms with E-state index in [0.29, 0.717) is 16.8 Å². The highest BCUT2D eigenvalue weighted by Gasteiger charge is 2.35. The lowest BCUT2D eigenvalue weighted by atomic mass is 9.67. The number of rotatable bonds is 1. The molecule has 3 rings (SSSR count). The molecule has 4 heteroatoms. The zero-order chi connectivity index (χ0) is 11.8. The quantitative estimate of drug-likeness (QED) is 0.825. The number of fused-ring (bicyclic) bond motifs is 1. The molecule has 94 valence electrons. The molecule has 1 heterocycles. The third-order valence-electron chi connectivity index (χ3n) is 4.59. The Morgan fingerprint density at radius 3 is 2.59 bits per heavy atom. The zero-order valence-corrected chi connectivity index (χ0v) is 10.7. The SMILES string of the molecule is Nc1noc(C2CCC3CCCCC3C2)c1Cl. The summed E-state index contributed by atoms with van der Waals surface area (Å²) in [5, 5.41) is 4.31. The summed E-state index contributed by atoms with van der Waals surface area (Å²) in [4.78, 5) is 0. The fourth-order valence-electron chi connectivity index (χ4n) is 3.67. The number of hydrogen-bond acceptors (Lipinski definition) is 3. The van der Waals surface area contributed by atoms with Crippen molar-refractivity contribution in [3.05, 3.63) is 10.8 Å². The van der Waals surface area contributed by atoms with E-state index in [2.05, 4.69) is 5.16 Å². The molecule has 2 fully saturated rings. The maximum atomic E-state index is 6.14. The lowest BCUT2D eigenvalue weighted by Crippen LogP contribution is -2.26. The van der Waals surface area contributed by atoms with Gasteiger partial charge in [0.2, 0.25) is 0 Å². The highest BCUT2D eigenvalue weighted by atomic mass is 35.5. The summed E-state index contributed by atoms with van der Waals surface area (Å²) in [5.74, 6) is 3.41. The van der Waals surface area contributed by atoms with E-state index in [1.807, 2.05) is 0 Å². The van der Waals surface area contributed by atoms with Crippen LogP contribution in [-0.2, 0) is 0 Å². The molecule has 2 aliphatic rings. The lowest BCUT2D eigenvalue weighted by Gasteiger charge is -2.38. The highest BCUT2D eigenvalue weighted by molar-refractivity contribution is 6.33. The topological polar surface area (TPSA) is 52.0 Å². The molecule has 3 atom stereocenters. The summed E-state index contributed by atoms with van der Waals surface area (Å²) in [7, 11) is 0. The van der Waals surface area contributed by atoms with E-state index in [9.17, 15) is 0 Å². The van der Waals surface area contributed by atoms with Crippen LogP contribution in [0.1, 0.15) is 56.6 Å². The second-order valence-corrected chi connectivity index (χ2v) is 5.94. The van der Waals surface area contributed by atoms with Crippen molar-refractivity contribution in [3.8, 4) is 0 Å². The van der Waals surface area contributed by atoms with Gasteiger partial charge in [0, 0.05) is 5.92 Å². The Morgan fingerprint density at radius 2 is 1.88 bits per heavy atom. The van der Waals surface area contributed by atoms with Gasteiger partial charge in [-0.25, -0.2) is 0 Å². The Balaban J connectivity index is 1.75. The van der Waals surface area contributed by atoms with Crippen LogP contribution in [0.5, 0.6) is 0 Å². The molecule has 0 aromatic carbocycles. The lowest BCUT2D eigenvalue weighted by molar-refractivity contribution is 0.144. The van der Waals surface area contributed by atoms with Gasteiger partial charge < -0.3 is 10.3 Å². The van der Waals surface area contributed by atoms with Crippen LogP contribution in [0.15, 0.2) is 4.52 Å². The second-order valence-electron chi connectivity index (χ2n) is 5.56. The first kappa shape index (κ1) is 11.4. The summed E-state index contributed by atoms with van der Waals surface area (Å²) >= 11 is 6.14. The predicted octanol–water partition coefficient (Wildman–Crippen LogP) is 3.98. The van der Waals surface area contributed by atoms with Crippen molar-refractivity contribution in [1.82, 2.24) is 5.16 Å². The van der Waals surface area contributed by atoms with Crippen LogP contribution in [0.25, 0.3) is 0 Å². The smallest absolute Gasteiger partial charge is 0.186 e. The third-order valence-corrected chi connectivity index (χ3v) is 4.97. The number of aromatic nitrogens is 1. The maximum Gasteiger partial charge on any atom is 0.186 e. The minimum atomic E-state index is 0.340. The molecule has 17 heavy (non-hydrogen) atoms. The molecule has 2 aliphatic carbocycles. The summed E-state index contributed by atoms with van der Waals surface area (Å²) < 4.78 is 5.31. The van der Waals surface area contributed by atoms with Gasteiger partial charge in [-0.15, -0.1) is 0 Å². The minimum Gasteiger partial charge on any atom is -0.380 e. The molecule has 0 amide bonds. The molecular formula is C13H19ClN2O. The van der Waals surface area contributed by atoms with Gasteiger partial charge in [-0.3, -0.25) is 0 Å². The molecule has 0 spiro atoms. The normalized spacial score (nSPS) is 33.4. The van der Waals surface area contributed by atoms with E-state index in [1.165, 1.54) is 44.9 Å². The number of nitrogens with zero attached hydrogens (tertiary/aromatic N) is 1. The molecule has 1 aromatic heterocycles. The average molecular weight is 255 g/mol. The molecule has 0 bridgehead atoms. The monoisotopic (exact) mass is 254 g/mol. The van der Waals surface area contributed by atoms with E-state index in [4.69, 9.17) is 21.9 Å². The zero-order valence-electron chi connectivity index (χ0n) is 9.99. The van der Waals surface area contributed by atoms with Crippen molar-refractivity contribution < 1.29 is 4.52 Å². The molecule has 0 radical (unpaired) electrons. The first-order chi connectivity index (χ1) is 8.25. The molecule has 1 aromatic rings. The van der Waals surface area contributed by atoms with Crippen LogP contribution in [0.4, 0.5) is 5.82 Å². The molecule has 3 nitrogen and oxygen atoms in total. The van der Waals surface area contributed by atoms with Crippen LogP contribution in [0.3, 0.4) is 0 Å². The Kier molecular flexibility index (Phi) is 3.03. The third kappa shape index (κ3) is 2.05. The number of hydrogen-bond donors (Lipinski definition) is 1. The van der Waals surface area contributed by atoms with E-state index in [1.54, 1.807) is 0 Å². The van der Waals surface area contributed by atoms with Crippen LogP contribution >= 0.6 is 11.6 Å². The number of nitrogens with two attached hydrogens (primary N) is 1. The molecule has 0 saturated heterocycles. The van der Waals surface area contributed by atoms with E-state index in [-0.39, 0.29) is 0 Å². The van der Waals surface area contributed by atoms with Gasteiger partial charge in [0.15, 0.2) is 11.6 Å². The van der Waals surface area contributed by atoms with Crippen molar-refractivity contribution in [3.63, 3.8) is 0 Å². The van der Waals surface area contributed by atoms with Gasteiger partial charge in [-0.1, -0.05) is 42.4 Å². The predicted molar refractivity (Wildman–Crippen MR) is 68.0 cm³/mol. The van der Waals surface area contributed by atoms with Crippen molar-refractivity contribution in [1.29, 1.82) is 0 Å². The Labute approximate surface area is 107 Å². The first-order valence-electron chi connectivity index (χ1n) is 6.66. The Bertz CT molecular complexity index is 404. The minimum absolute atomic E-state index is 0.340. The summed E-state index contributed by atoms with van der Waals surface area (Å²) in [6.07, 6.45) is 9.30. The van der Waals surface area contributed by atoms with Crippen LogP contribution in [0.2, 0.25) is 5.02 Å². The van der Waals surface area contributed by atoms with E-state index in [0.717, 1.165) is 17.6 Å². The molecule has 0 aliphatic heterocycles. The van der Waals surface area contributed by atoms with Gasteiger partial charge in [-0.05, 0) is 31.1 Å². The average Bonchev–Trinajstić information content (AvgIpc) is 2.70. The molecule has 2 N–H and O–H groups in total. The maximum absolute atomic E-state index is 6.14. The second kappa shape index (κ2) is 4.52. The van der Waals surface area contributed by atoms with Gasteiger partial charge in [0.25, 0.3) is 0 Å². The summed E-state index contributed by atoms with van der Waals surface area (Å²) in [6.45, 7) is 0. The van der Waals surface area contributed by atoms with E-state index >= 15 is 0 Å². The Hall–Kier alpha value is -0.700. The summed E-state index contributed by atoms with van der Waals surface area (Å²) in [5.41, 5.74) is 5.64. The largest absolute Gasteiger partial charge is 0.380 e. The van der Waals surface area contributed by atoms with Crippen molar-refractivity contribution in [2.45, 2.75) is 50.9 Å². The van der Waals surface area contributed by atoms with Crippen molar-refractivity contribution in [2.75, 3.05) is 5.73 Å². The van der Waals surface area contributed by atoms with Crippen LogP contribution < -0.4 is 5.73 Å². The number of halogens is 1. The Morgan fingerprint density at radius 1 is 1.12 bits per heavy atom. The molecular weight excluding hydrogens is 236 g/mol. The first-order valence-corrected chi connectivity index (χ1v) is 7.04. The standard InChI is InChI=1S/C13H19ClN2O/c14-11-12(17-16-13(11)15)10-6-5-8-3-1-2-4-9(8)7-10/h8-10H,1-7H2,(H2,15,16). The fraction of sp³-hybridized carbons (Fsp3) is 0.769. The van der Waals surface area contributed by atoms with Crippen molar-refractivity contribution >= 4 is 17.4 Å². The molecule has 3 unspecified atom stereocenters. The molecule has 2 saturated carbocycles. The van der Waals surface area contributed by atoms with Crippen LogP contribution in [-0.4, -0.2) is 5.16 Å². The number of anilines is 1.